The van der Waals surface area contributed by atoms with E-state index in [1.54, 1.807) is 0 Å². The molecule has 70 valence electrons. The zero-order chi connectivity index (χ0) is 10.0. The van der Waals surface area contributed by atoms with E-state index in [1.165, 1.54) is 13.0 Å². The Hall–Kier alpha value is -0.960. The first-order valence-corrected chi connectivity index (χ1v) is 4.05. The third-order valence-corrected chi connectivity index (χ3v) is 2.15. The molecule has 1 rings (SSSR count). The van der Waals surface area contributed by atoms with E-state index in [-0.39, 0.29) is 11.3 Å². The molecule has 0 bridgehead atoms. The van der Waals surface area contributed by atoms with Gasteiger partial charge in [-0.1, -0.05) is 6.07 Å². The van der Waals surface area contributed by atoms with Gasteiger partial charge in [0.15, 0.2) is 17.4 Å². The molecule has 4 heteroatoms. The number of alkyl halides is 1. The first-order chi connectivity index (χ1) is 6.02. The molecule has 1 nitrogen and oxygen atoms in total. The van der Waals surface area contributed by atoms with Crippen LogP contribution in [0, 0.1) is 11.6 Å². The van der Waals surface area contributed by atoms with Crippen molar-refractivity contribution in [3.8, 4) is 0 Å². The van der Waals surface area contributed by atoms with Crippen molar-refractivity contribution in [1.29, 1.82) is 0 Å². The molecule has 1 atom stereocenters. The Morgan fingerprint density at radius 3 is 2.46 bits per heavy atom. The average molecular weight is 205 g/mol. The maximum Gasteiger partial charge on any atom is 0.159 e. The summed E-state index contributed by atoms with van der Waals surface area (Å²) < 4.78 is 25.1. The van der Waals surface area contributed by atoms with Crippen molar-refractivity contribution in [3.05, 3.63) is 35.4 Å². The summed E-state index contributed by atoms with van der Waals surface area (Å²) in [5.41, 5.74) is 0.271. The molecule has 0 amide bonds. The fourth-order valence-electron chi connectivity index (χ4n) is 0.905. The fraction of sp³-hybridized carbons (Fsp3) is 0.222. The van der Waals surface area contributed by atoms with Crippen LogP contribution in [0.15, 0.2) is 18.2 Å². The Bertz CT molecular complexity index is 338. The van der Waals surface area contributed by atoms with Crippen LogP contribution in [-0.4, -0.2) is 5.78 Å². The van der Waals surface area contributed by atoms with E-state index in [0.29, 0.717) is 0 Å². The van der Waals surface area contributed by atoms with E-state index in [1.807, 2.05) is 0 Å². The van der Waals surface area contributed by atoms with Crippen molar-refractivity contribution in [3.63, 3.8) is 0 Å². The highest BCUT2D eigenvalue weighted by molar-refractivity contribution is 6.30. The Balaban J connectivity index is 3.03. The van der Waals surface area contributed by atoms with Gasteiger partial charge >= 0.3 is 0 Å². The van der Waals surface area contributed by atoms with Crippen molar-refractivity contribution in [2.45, 2.75) is 12.3 Å². The van der Waals surface area contributed by atoms with Gasteiger partial charge in [0.2, 0.25) is 0 Å². The molecule has 0 aromatic heterocycles. The van der Waals surface area contributed by atoms with E-state index < -0.39 is 17.0 Å². The number of halogens is 3. The molecular weight excluding hydrogens is 198 g/mol. The molecule has 13 heavy (non-hydrogen) atoms. The van der Waals surface area contributed by atoms with Crippen molar-refractivity contribution in [1.82, 2.24) is 0 Å². The second-order valence-electron chi connectivity index (χ2n) is 2.65. The number of ketones is 1. The van der Waals surface area contributed by atoms with Crippen LogP contribution in [0.2, 0.25) is 0 Å². The smallest absolute Gasteiger partial charge is 0.159 e. The molecule has 0 saturated carbocycles. The lowest BCUT2D eigenvalue weighted by molar-refractivity contribution is -0.116. The van der Waals surface area contributed by atoms with E-state index in [4.69, 9.17) is 11.6 Å². The summed E-state index contributed by atoms with van der Waals surface area (Å²) in [5.74, 6) is -2.24. The summed E-state index contributed by atoms with van der Waals surface area (Å²) in [6.45, 7) is 1.29. The number of carbonyl (C=O) groups excluding carboxylic acids is 1. The van der Waals surface area contributed by atoms with E-state index in [0.717, 1.165) is 12.1 Å². The number of hydrogen-bond donors (Lipinski definition) is 0. The molecule has 1 unspecified atom stereocenters. The maximum atomic E-state index is 12.7. The number of carbonyl (C=O) groups is 1. The zero-order valence-corrected chi connectivity index (χ0v) is 7.61. The largest absolute Gasteiger partial charge is 0.298 e. The topological polar surface area (TPSA) is 17.1 Å². The summed E-state index contributed by atoms with van der Waals surface area (Å²) in [6.07, 6.45) is 0. The standard InChI is InChI=1S/C9H7ClF2O/c1-5(13)9(10)6-2-3-7(11)8(12)4-6/h2-4,9H,1H3. The van der Waals surface area contributed by atoms with Crippen LogP contribution < -0.4 is 0 Å². The number of hydrogen-bond acceptors (Lipinski definition) is 1. The predicted octanol–water partition coefficient (Wildman–Crippen LogP) is 2.83. The molecular formula is C9H7ClF2O. The molecule has 0 radical (unpaired) electrons. The summed E-state index contributed by atoms with van der Waals surface area (Å²) in [6, 6.07) is 3.16. The Kier molecular flexibility index (Phi) is 2.98. The summed E-state index contributed by atoms with van der Waals surface area (Å²) in [7, 11) is 0. The molecule has 0 heterocycles. The molecule has 0 spiro atoms. The second-order valence-corrected chi connectivity index (χ2v) is 3.08. The van der Waals surface area contributed by atoms with Crippen LogP contribution in [0.1, 0.15) is 17.9 Å². The fourth-order valence-corrected chi connectivity index (χ4v) is 1.04. The minimum atomic E-state index is -0.996. The Morgan fingerprint density at radius 1 is 1.38 bits per heavy atom. The van der Waals surface area contributed by atoms with Gasteiger partial charge in [0.1, 0.15) is 5.38 Å². The van der Waals surface area contributed by atoms with Gasteiger partial charge in [-0.3, -0.25) is 4.79 Å². The van der Waals surface area contributed by atoms with Crippen LogP contribution >= 0.6 is 11.6 Å². The molecule has 0 saturated heterocycles. The zero-order valence-electron chi connectivity index (χ0n) is 6.85. The molecule has 0 aliphatic rings. The molecule has 0 fully saturated rings. The first kappa shape index (κ1) is 10.1. The highest BCUT2D eigenvalue weighted by Crippen LogP contribution is 2.22. The minimum Gasteiger partial charge on any atom is -0.298 e. The molecule has 0 aliphatic carbocycles. The number of rotatable bonds is 2. The first-order valence-electron chi connectivity index (χ1n) is 3.62. The monoisotopic (exact) mass is 204 g/mol. The van der Waals surface area contributed by atoms with Crippen molar-refractivity contribution >= 4 is 17.4 Å². The van der Waals surface area contributed by atoms with Crippen LogP contribution in [0.4, 0.5) is 8.78 Å². The Labute approximate surface area is 79.3 Å². The van der Waals surface area contributed by atoms with Gasteiger partial charge < -0.3 is 0 Å². The Morgan fingerprint density at radius 2 is 2.00 bits per heavy atom. The molecule has 0 N–H and O–H groups in total. The SMILES string of the molecule is CC(=O)C(Cl)c1ccc(F)c(F)c1. The van der Waals surface area contributed by atoms with Crippen molar-refractivity contribution < 1.29 is 13.6 Å². The number of benzene rings is 1. The van der Waals surface area contributed by atoms with Crippen LogP contribution in [0.25, 0.3) is 0 Å². The second kappa shape index (κ2) is 3.83. The van der Waals surface area contributed by atoms with E-state index >= 15 is 0 Å². The van der Waals surface area contributed by atoms with Gasteiger partial charge in [-0.05, 0) is 24.6 Å². The maximum absolute atomic E-state index is 12.7. The summed E-state index contributed by atoms with van der Waals surface area (Å²) in [4.78, 5) is 10.8. The van der Waals surface area contributed by atoms with Gasteiger partial charge in [-0.25, -0.2) is 8.78 Å². The third-order valence-electron chi connectivity index (χ3n) is 1.59. The van der Waals surface area contributed by atoms with E-state index in [2.05, 4.69) is 0 Å². The molecule has 1 aromatic rings. The van der Waals surface area contributed by atoms with Crippen LogP contribution in [0.3, 0.4) is 0 Å². The minimum absolute atomic E-state index is 0.271. The lowest BCUT2D eigenvalue weighted by Crippen LogP contribution is -2.02. The van der Waals surface area contributed by atoms with Gasteiger partial charge in [0.05, 0.1) is 0 Å². The lowest BCUT2D eigenvalue weighted by atomic mass is 10.1. The average Bonchev–Trinajstić information content (AvgIpc) is 2.08. The van der Waals surface area contributed by atoms with Crippen molar-refractivity contribution in [2.75, 3.05) is 0 Å². The van der Waals surface area contributed by atoms with Gasteiger partial charge in [0, 0.05) is 0 Å². The van der Waals surface area contributed by atoms with Gasteiger partial charge in [0.25, 0.3) is 0 Å². The molecule has 1 aromatic carbocycles. The lowest BCUT2D eigenvalue weighted by Gasteiger charge is -2.05. The quantitative estimate of drug-likeness (QED) is 0.677. The van der Waals surface area contributed by atoms with Crippen LogP contribution in [-0.2, 0) is 4.79 Å². The molecule has 0 aliphatic heterocycles. The van der Waals surface area contributed by atoms with E-state index in [9.17, 15) is 13.6 Å². The van der Waals surface area contributed by atoms with Gasteiger partial charge in [-0.15, -0.1) is 11.6 Å². The predicted molar refractivity (Wildman–Crippen MR) is 45.6 cm³/mol. The van der Waals surface area contributed by atoms with Crippen molar-refractivity contribution in [2.24, 2.45) is 0 Å². The summed E-state index contributed by atoms with van der Waals surface area (Å²) >= 11 is 5.63. The van der Waals surface area contributed by atoms with Gasteiger partial charge in [-0.2, -0.15) is 0 Å². The van der Waals surface area contributed by atoms with Crippen LogP contribution in [0.5, 0.6) is 0 Å². The normalized spacial score (nSPS) is 12.6. The highest BCUT2D eigenvalue weighted by Gasteiger charge is 2.14. The highest BCUT2D eigenvalue weighted by atomic mass is 35.5. The third kappa shape index (κ3) is 2.25. The number of Topliss-reactive ketones (excluding diaryl/α,β-unsaturated/α-hetero) is 1. The summed E-state index contributed by atoms with van der Waals surface area (Å²) in [5, 5.41) is -0.907.